The molecule has 2 aliphatic heterocycles. The Labute approximate surface area is 141 Å². The van der Waals surface area contributed by atoms with E-state index in [-0.39, 0.29) is 5.91 Å². The average molecular weight is 323 g/mol. The molecule has 24 heavy (non-hydrogen) atoms. The highest BCUT2D eigenvalue weighted by Crippen LogP contribution is 2.30. The number of hydrogen-bond acceptors (Lipinski definition) is 4. The molecule has 1 unspecified atom stereocenters. The molecule has 5 heteroatoms. The first-order valence-corrected chi connectivity index (χ1v) is 8.54. The molecule has 2 aromatic rings. The monoisotopic (exact) mass is 323 g/mol. The third-order valence-corrected chi connectivity index (χ3v) is 4.60. The summed E-state index contributed by atoms with van der Waals surface area (Å²) in [6, 6.07) is 12.2. The number of nitrogens with zero attached hydrogens (tertiary/aromatic N) is 1. The van der Waals surface area contributed by atoms with Crippen molar-refractivity contribution in [2.24, 2.45) is 0 Å². The number of carbonyl (C=O) groups is 1. The summed E-state index contributed by atoms with van der Waals surface area (Å²) in [5, 5.41) is 6.26. The van der Waals surface area contributed by atoms with E-state index >= 15 is 0 Å². The Balaban J connectivity index is 1.48. The van der Waals surface area contributed by atoms with E-state index < -0.39 is 0 Å². The van der Waals surface area contributed by atoms with Crippen molar-refractivity contribution in [2.45, 2.75) is 31.7 Å². The average Bonchev–Trinajstić information content (AvgIpc) is 3.25. The maximum atomic E-state index is 12.2. The summed E-state index contributed by atoms with van der Waals surface area (Å²) in [6.07, 6.45) is 3.65. The fourth-order valence-electron chi connectivity index (χ4n) is 3.36. The number of amides is 1. The van der Waals surface area contributed by atoms with Crippen LogP contribution in [0.4, 0.5) is 5.82 Å². The predicted octanol–water partition coefficient (Wildman–Crippen LogP) is 2.76. The van der Waals surface area contributed by atoms with Crippen LogP contribution in [-0.2, 0) is 11.2 Å². The molecule has 1 amide bonds. The lowest BCUT2D eigenvalue weighted by Crippen LogP contribution is -2.27. The van der Waals surface area contributed by atoms with Crippen molar-refractivity contribution < 1.29 is 9.53 Å². The smallest absolute Gasteiger partial charge is 0.227 e. The van der Waals surface area contributed by atoms with Gasteiger partial charge in [0, 0.05) is 24.4 Å². The molecule has 124 valence electrons. The van der Waals surface area contributed by atoms with E-state index in [4.69, 9.17) is 4.74 Å². The van der Waals surface area contributed by atoms with Crippen LogP contribution in [0.5, 0.6) is 5.75 Å². The topological polar surface area (TPSA) is 63.2 Å². The molecule has 5 nitrogen and oxygen atoms in total. The minimum atomic E-state index is 0.0152. The van der Waals surface area contributed by atoms with Crippen LogP contribution in [0.15, 0.2) is 36.4 Å². The number of nitrogens with one attached hydrogen (secondary N) is 2. The number of rotatable bonds is 4. The second-order valence-electron chi connectivity index (χ2n) is 6.37. The Kier molecular flexibility index (Phi) is 4.17. The Hall–Kier alpha value is -2.40. The van der Waals surface area contributed by atoms with E-state index in [1.807, 2.05) is 30.3 Å². The summed E-state index contributed by atoms with van der Waals surface area (Å²) in [5.74, 6) is 1.58. The van der Waals surface area contributed by atoms with Crippen molar-refractivity contribution in [3.8, 4) is 17.0 Å². The van der Waals surface area contributed by atoms with Crippen molar-refractivity contribution in [3.63, 3.8) is 0 Å². The van der Waals surface area contributed by atoms with Gasteiger partial charge in [0.15, 0.2) is 0 Å². The highest BCUT2D eigenvalue weighted by Gasteiger charge is 2.18. The van der Waals surface area contributed by atoms with Gasteiger partial charge in [0.1, 0.15) is 11.6 Å². The molecule has 0 saturated carbocycles. The summed E-state index contributed by atoms with van der Waals surface area (Å²) < 4.78 is 5.55. The lowest BCUT2D eigenvalue weighted by Gasteiger charge is -2.11. The van der Waals surface area contributed by atoms with Gasteiger partial charge in [-0.15, -0.1) is 0 Å². The number of ether oxygens (including phenoxy) is 1. The standard InChI is InChI=1S/C19H21N3O2/c23-19(12-15-3-2-9-20-15)22-18-5-1-4-16(21-18)13-6-7-17-14(11-13)8-10-24-17/h1,4-7,11,15,20H,2-3,8-10,12H2,(H,21,22,23). The quantitative estimate of drug-likeness (QED) is 0.908. The van der Waals surface area contributed by atoms with E-state index in [1.165, 1.54) is 5.56 Å². The zero-order valence-corrected chi connectivity index (χ0v) is 13.5. The summed E-state index contributed by atoms with van der Waals surface area (Å²) in [7, 11) is 0. The summed E-state index contributed by atoms with van der Waals surface area (Å²) >= 11 is 0. The largest absolute Gasteiger partial charge is 0.493 e. The molecule has 1 aromatic heterocycles. The fourth-order valence-corrected chi connectivity index (χ4v) is 3.36. The van der Waals surface area contributed by atoms with Crippen molar-refractivity contribution >= 4 is 11.7 Å². The van der Waals surface area contributed by atoms with E-state index in [2.05, 4.69) is 21.7 Å². The van der Waals surface area contributed by atoms with Crippen molar-refractivity contribution in [1.29, 1.82) is 0 Å². The maximum Gasteiger partial charge on any atom is 0.227 e. The normalized spacial score (nSPS) is 18.9. The first-order chi connectivity index (χ1) is 11.8. The van der Waals surface area contributed by atoms with Crippen LogP contribution in [0.1, 0.15) is 24.8 Å². The van der Waals surface area contributed by atoms with Gasteiger partial charge in [0.2, 0.25) is 5.91 Å². The van der Waals surface area contributed by atoms with Gasteiger partial charge in [-0.25, -0.2) is 4.98 Å². The highest BCUT2D eigenvalue weighted by molar-refractivity contribution is 5.90. The Morgan fingerprint density at radius 1 is 1.33 bits per heavy atom. The summed E-state index contributed by atoms with van der Waals surface area (Å²) in [6.45, 7) is 1.76. The van der Waals surface area contributed by atoms with Crippen LogP contribution < -0.4 is 15.4 Å². The van der Waals surface area contributed by atoms with E-state index in [0.29, 0.717) is 18.3 Å². The van der Waals surface area contributed by atoms with Crippen LogP contribution in [-0.4, -0.2) is 30.1 Å². The van der Waals surface area contributed by atoms with Gasteiger partial charge in [0.25, 0.3) is 0 Å². The number of benzene rings is 1. The fraction of sp³-hybridized carbons (Fsp3) is 0.368. The number of fused-ring (bicyclic) bond motifs is 1. The number of pyridine rings is 1. The molecule has 0 spiro atoms. The van der Waals surface area contributed by atoms with Gasteiger partial charge in [-0.3, -0.25) is 4.79 Å². The summed E-state index contributed by atoms with van der Waals surface area (Å²) in [5.41, 5.74) is 3.13. The minimum absolute atomic E-state index is 0.0152. The Morgan fingerprint density at radius 3 is 3.17 bits per heavy atom. The Morgan fingerprint density at radius 2 is 2.29 bits per heavy atom. The van der Waals surface area contributed by atoms with Crippen LogP contribution >= 0.6 is 0 Å². The molecule has 1 saturated heterocycles. The number of aromatic nitrogens is 1. The lowest BCUT2D eigenvalue weighted by molar-refractivity contribution is -0.116. The molecule has 4 rings (SSSR count). The third kappa shape index (κ3) is 3.26. The number of carbonyl (C=O) groups excluding carboxylic acids is 1. The molecule has 2 N–H and O–H groups in total. The SMILES string of the molecule is O=C(CC1CCCN1)Nc1cccc(-c2ccc3c(c2)CCO3)n1. The van der Waals surface area contributed by atoms with E-state index in [1.54, 1.807) is 0 Å². The van der Waals surface area contributed by atoms with E-state index in [0.717, 1.165) is 49.4 Å². The number of hydrogen-bond donors (Lipinski definition) is 2. The zero-order chi connectivity index (χ0) is 16.4. The molecule has 3 heterocycles. The summed E-state index contributed by atoms with van der Waals surface area (Å²) in [4.78, 5) is 16.8. The van der Waals surface area contributed by atoms with E-state index in [9.17, 15) is 4.79 Å². The number of anilines is 1. The molecule has 0 aliphatic carbocycles. The molecular weight excluding hydrogens is 302 g/mol. The van der Waals surface area contributed by atoms with Crippen LogP contribution in [0, 0.1) is 0 Å². The first kappa shape index (κ1) is 15.1. The van der Waals surface area contributed by atoms with Gasteiger partial charge in [0.05, 0.1) is 12.3 Å². The minimum Gasteiger partial charge on any atom is -0.493 e. The van der Waals surface area contributed by atoms with Crippen LogP contribution in [0.25, 0.3) is 11.3 Å². The van der Waals surface area contributed by atoms with Crippen LogP contribution in [0.3, 0.4) is 0 Å². The second kappa shape index (κ2) is 6.61. The van der Waals surface area contributed by atoms with Crippen molar-refractivity contribution in [3.05, 3.63) is 42.0 Å². The lowest BCUT2D eigenvalue weighted by atomic mass is 10.1. The van der Waals surface area contributed by atoms with Gasteiger partial charge < -0.3 is 15.4 Å². The van der Waals surface area contributed by atoms with Gasteiger partial charge >= 0.3 is 0 Å². The second-order valence-corrected chi connectivity index (χ2v) is 6.37. The van der Waals surface area contributed by atoms with Gasteiger partial charge in [-0.1, -0.05) is 6.07 Å². The van der Waals surface area contributed by atoms with Crippen LogP contribution in [0.2, 0.25) is 0 Å². The molecule has 1 fully saturated rings. The van der Waals surface area contributed by atoms with Gasteiger partial charge in [-0.2, -0.15) is 0 Å². The first-order valence-electron chi connectivity index (χ1n) is 8.54. The predicted molar refractivity (Wildman–Crippen MR) is 93.1 cm³/mol. The molecule has 2 aliphatic rings. The molecule has 0 radical (unpaired) electrons. The molecule has 1 aromatic carbocycles. The molecule has 0 bridgehead atoms. The Bertz CT molecular complexity index is 754. The zero-order valence-electron chi connectivity index (χ0n) is 13.5. The maximum absolute atomic E-state index is 12.2. The highest BCUT2D eigenvalue weighted by atomic mass is 16.5. The van der Waals surface area contributed by atoms with Crippen molar-refractivity contribution in [1.82, 2.24) is 10.3 Å². The molecular formula is C19H21N3O2. The van der Waals surface area contributed by atoms with Crippen molar-refractivity contribution in [2.75, 3.05) is 18.5 Å². The van der Waals surface area contributed by atoms with Gasteiger partial charge in [-0.05, 0) is 55.3 Å². The third-order valence-electron chi connectivity index (χ3n) is 4.60. The molecule has 1 atom stereocenters.